The van der Waals surface area contributed by atoms with Crippen LogP contribution in [0.4, 0.5) is 15.8 Å². The Bertz CT molecular complexity index is 667. The summed E-state index contributed by atoms with van der Waals surface area (Å²) >= 11 is 1.34. The Hall–Kier alpha value is -1.60. The van der Waals surface area contributed by atoms with E-state index in [2.05, 4.69) is 4.72 Å². The Labute approximate surface area is 108 Å². The zero-order chi connectivity index (χ0) is 13.3. The molecule has 0 radical (unpaired) electrons. The molecule has 18 heavy (non-hydrogen) atoms. The first-order valence-electron chi connectivity index (χ1n) is 5.01. The normalized spacial score (nSPS) is 11.4. The molecule has 96 valence electrons. The van der Waals surface area contributed by atoms with E-state index >= 15 is 0 Å². The molecule has 0 fully saturated rings. The molecule has 0 amide bonds. The summed E-state index contributed by atoms with van der Waals surface area (Å²) in [6.07, 6.45) is 0. The summed E-state index contributed by atoms with van der Waals surface area (Å²) in [5, 5.41) is 3.34. The van der Waals surface area contributed by atoms with Crippen LogP contribution in [0.25, 0.3) is 0 Å². The summed E-state index contributed by atoms with van der Waals surface area (Å²) in [4.78, 5) is -0.447. The lowest BCUT2D eigenvalue weighted by Crippen LogP contribution is -2.14. The van der Waals surface area contributed by atoms with Gasteiger partial charge >= 0.3 is 0 Å². The number of benzene rings is 1. The van der Waals surface area contributed by atoms with Crippen molar-refractivity contribution in [3.8, 4) is 0 Å². The minimum Gasteiger partial charge on any atom is -0.398 e. The SMILES string of the molecule is Cc1cc(F)c(S(=O)(=O)Nc2ccsc2)cc1N. The number of sulfonamides is 1. The molecule has 1 aromatic carbocycles. The van der Waals surface area contributed by atoms with E-state index in [4.69, 9.17) is 5.73 Å². The molecule has 7 heteroatoms. The zero-order valence-corrected chi connectivity index (χ0v) is 11.1. The Kier molecular flexibility index (Phi) is 3.27. The molecule has 0 aliphatic rings. The second kappa shape index (κ2) is 4.58. The summed E-state index contributed by atoms with van der Waals surface area (Å²) < 4.78 is 39.9. The van der Waals surface area contributed by atoms with Crippen LogP contribution in [0.1, 0.15) is 5.56 Å². The minimum atomic E-state index is -3.95. The van der Waals surface area contributed by atoms with E-state index < -0.39 is 20.7 Å². The van der Waals surface area contributed by atoms with Gasteiger partial charge in [-0.25, -0.2) is 12.8 Å². The highest BCUT2D eigenvalue weighted by atomic mass is 32.2. The molecule has 4 nitrogen and oxygen atoms in total. The Morgan fingerprint density at radius 1 is 1.39 bits per heavy atom. The van der Waals surface area contributed by atoms with Crippen molar-refractivity contribution in [1.29, 1.82) is 0 Å². The van der Waals surface area contributed by atoms with E-state index in [1.807, 2.05) is 0 Å². The van der Waals surface area contributed by atoms with Gasteiger partial charge < -0.3 is 5.73 Å². The molecule has 1 heterocycles. The third kappa shape index (κ3) is 2.46. The average molecular weight is 286 g/mol. The fraction of sp³-hybridized carbons (Fsp3) is 0.0909. The number of thiophene rings is 1. The lowest BCUT2D eigenvalue weighted by atomic mass is 10.2. The predicted molar refractivity (Wildman–Crippen MR) is 70.7 cm³/mol. The second-order valence-electron chi connectivity index (χ2n) is 3.76. The Morgan fingerprint density at radius 3 is 2.72 bits per heavy atom. The summed E-state index contributed by atoms with van der Waals surface area (Å²) in [7, 11) is -3.95. The highest BCUT2D eigenvalue weighted by Crippen LogP contribution is 2.24. The summed E-state index contributed by atoms with van der Waals surface area (Å²) in [5.74, 6) is -0.815. The van der Waals surface area contributed by atoms with E-state index in [1.165, 1.54) is 11.3 Å². The Balaban J connectivity index is 2.44. The minimum absolute atomic E-state index is 0.238. The highest BCUT2D eigenvalue weighted by Gasteiger charge is 2.20. The van der Waals surface area contributed by atoms with Gasteiger partial charge in [0.05, 0.1) is 5.69 Å². The van der Waals surface area contributed by atoms with Crippen LogP contribution in [-0.4, -0.2) is 8.42 Å². The standard InChI is InChI=1S/C11H11FN2O2S2/c1-7-4-9(12)11(5-10(7)13)18(15,16)14-8-2-3-17-6-8/h2-6,14H,13H2,1H3. The maximum absolute atomic E-state index is 13.7. The van der Waals surface area contributed by atoms with Gasteiger partial charge in [-0.15, -0.1) is 0 Å². The number of rotatable bonds is 3. The van der Waals surface area contributed by atoms with E-state index in [0.29, 0.717) is 11.3 Å². The van der Waals surface area contributed by atoms with Gasteiger partial charge in [0.25, 0.3) is 10.0 Å². The summed E-state index contributed by atoms with van der Waals surface area (Å²) in [6.45, 7) is 1.61. The first-order chi connectivity index (χ1) is 8.40. The Morgan fingerprint density at radius 2 is 2.11 bits per heavy atom. The molecule has 0 aliphatic carbocycles. The lowest BCUT2D eigenvalue weighted by molar-refractivity contribution is 0.570. The van der Waals surface area contributed by atoms with E-state index in [0.717, 1.165) is 12.1 Å². The fourth-order valence-corrected chi connectivity index (χ4v) is 3.21. The van der Waals surface area contributed by atoms with Gasteiger partial charge in [-0.05, 0) is 36.1 Å². The van der Waals surface area contributed by atoms with Crippen molar-refractivity contribution in [3.05, 3.63) is 40.3 Å². The molecule has 0 saturated heterocycles. The fourth-order valence-electron chi connectivity index (χ4n) is 1.41. The van der Waals surface area contributed by atoms with Crippen molar-refractivity contribution < 1.29 is 12.8 Å². The number of nitrogens with one attached hydrogen (secondary N) is 1. The third-order valence-electron chi connectivity index (χ3n) is 2.38. The van der Waals surface area contributed by atoms with Gasteiger partial charge in [-0.2, -0.15) is 11.3 Å². The molecule has 2 aromatic rings. The lowest BCUT2D eigenvalue weighted by Gasteiger charge is -2.09. The molecule has 0 aliphatic heterocycles. The third-order valence-corrected chi connectivity index (χ3v) is 4.46. The van der Waals surface area contributed by atoms with Crippen LogP contribution in [0.15, 0.2) is 33.9 Å². The molecule has 0 unspecified atom stereocenters. The average Bonchev–Trinajstić information content (AvgIpc) is 2.75. The second-order valence-corrected chi connectivity index (χ2v) is 6.19. The number of anilines is 2. The quantitative estimate of drug-likeness (QED) is 0.852. The number of halogens is 1. The molecule has 3 N–H and O–H groups in total. The topological polar surface area (TPSA) is 72.2 Å². The van der Waals surface area contributed by atoms with Crippen LogP contribution < -0.4 is 10.5 Å². The largest absolute Gasteiger partial charge is 0.398 e. The molecule has 1 aromatic heterocycles. The first-order valence-corrected chi connectivity index (χ1v) is 7.43. The first kappa shape index (κ1) is 12.8. The molecule has 0 spiro atoms. The molecule has 0 saturated carbocycles. The van der Waals surface area contributed by atoms with Gasteiger partial charge in [0, 0.05) is 11.1 Å². The molecular formula is C11H11FN2O2S2. The van der Waals surface area contributed by atoms with Crippen molar-refractivity contribution in [2.75, 3.05) is 10.5 Å². The molecule has 0 atom stereocenters. The van der Waals surface area contributed by atoms with Crippen molar-refractivity contribution in [2.45, 2.75) is 11.8 Å². The monoisotopic (exact) mass is 286 g/mol. The van der Waals surface area contributed by atoms with Crippen LogP contribution in [0.3, 0.4) is 0 Å². The summed E-state index contributed by atoms with van der Waals surface area (Å²) in [6, 6.07) is 3.83. The van der Waals surface area contributed by atoms with E-state index in [-0.39, 0.29) is 5.69 Å². The predicted octanol–water partition coefficient (Wildman–Crippen LogP) is 2.58. The molecule has 0 bridgehead atoms. The highest BCUT2D eigenvalue weighted by molar-refractivity contribution is 7.92. The zero-order valence-electron chi connectivity index (χ0n) is 9.48. The maximum atomic E-state index is 13.7. The van der Waals surface area contributed by atoms with Crippen LogP contribution in [0, 0.1) is 12.7 Å². The van der Waals surface area contributed by atoms with Crippen LogP contribution in [0.5, 0.6) is 0 Å². The number of nitrogens with two attached hydrogens (primary N) is 1. The van der Waals surface area contributed by atoms with E-state index in [1.54, 1.807) is 23.8 Å². The van der Waals surface area contributed by atoms with Gasteiger partial charge in [-0.3, -0.25) is 4.72 Å². The van der Waals surface area contributed by atoms with Gasteiger partial charge in [0.2, 0.25) is 0 Å². The van der Waals surface area contributed by atoms with Crippen LogP contribution in [0.2, 0.25) is 0 Å². The smallest absolute Gasteiger partial charge is 0.264 e. The van der Waals surface area contributed by atoms with Crippen molar-refractivity contribution in [2.24, 2.45) is 0 Å². The van der Waals surface area contributed by atoms with Gasteiger partial charge in [0.1, 0.15) is 10.7 Å². The number of nitrogen functional groups attached to an aromatic ring is 1. The molecule has 2 rings (SSSR count). The maximum Gasteiger partial charge on any atom is 0.264 e. The van der Waals surface area contributed by atoms with Crippen molar-refractivity contribution in [3.63, 3.8) is 0 Å². The van der Waals surface area contributed by atoms with Crippen LogP contribution in [-0.2, 0) is 10.0 Å². The molecular weight excluding hydrogens is 275 g/mol. The summed E-state index contributed by atoms with van der Waals surface area (Å²) in [5.41, 5.74) is 6.74. The number of hydrogen-bond donors (Lipinski definition) is 2. The number of aryl methyl sites for hydroxylation is 1. The van der Waals surface area contributed by atoms with Crippen molar-refractivity contribution >= 4 is 32.7 Å². The van der Waals surface area contributed by atoms with Crippen molar-refractivity contribution in [1.82, 2.24) is 0 Å². The number of hydrogen-bond acceptors (Lipinski definition) is 4. The van der Waals surface area contributed by atoms with E-state index in [9.17, 15) is 12.8 Å². The van der Waals surface area contributed by atoms with Crippen LogP contribution >= 0.6 is 11.3 Å². The van der Waals surface area contributed by atoms with Gasteiger partial charge in [-0.1, -0.05) is 0 Å². The van der Waals surface area contributed by atoms with Gasteiger partial charge in [0.15, 0.2) is 0 Å².